The third-order valence-electron chi connectivity index (χ3n) is 1.80. The molecule has 0 bridgehead atoms. The van der Waals surface area contributed by atoms with Crippen LogP contribution in [0.4, 0.5) is 4.39 Å². The SMILES string of the molecule is C=C/C(=C/C(=C)C)c1ccc(F)cc1. The molecule has 14 heavy (non-hydrogen) atoms. The van der Waals surface area contributed by atoms with Gasteiger partial charge in [-0.1, -0.05) is 43.0 Å². The first-order valence-electron chi connectivity index (χ1n) is 4.39. The average Bonchev–Trinajstić information content (AvgIpc) is 2.15. The minimum Gasteiger partial charge on any atom is -0.207 e. The van der Waals surface area contributed by atoms with Crippen LogP contribution in [0.1, 0.15) is 12.5 Å². The normalized spacial score (nSPS) is 11.1. The van der Waals surface area contributed by atoms with E-state index in [1.165, 1.54) is 12.1 Å². The van der Waals surface area contributed by atoms with Crippen molar-refractivity contribution >= 4 is 5.57 Å². The molecular weight excluding hydrogens is 175 g/mol. The van der Waals surface area contributed by atoms with Gasteiger partial charge in [0.05, 0.1) is 0 Å². The highest BCUT2D eigenvalue weighted by Gasteiger charge is 1.97. The lowest BCUT2D eigenvalue weighted by Crippen LogP contribution is -1.82. The van der Waals surface area contributed by atoms with Gasteiger partial charge in [-0.25, -0.2) is 4.39 Å². The van der Waals surface area contributed by atoms with E-state index in [0.717, 1.165) is 16.7 Å². The smallest absolute Gasteiger partial charge is 0.123 e. The van der Waals surface area contributed by atoms with Crippen LogP contribution in [-0.2, 0) is 0 Å². The molecule has 1 aromatic carbocycles. The van der Waals surface area contributed by atoms with Crippen LogP contribution in [-0.4, -0.2) is 0 Å². The van der Waals surface area contributed by atoms with E-state index in [1.54, 1.807) is 18.2 Å². The van der Waals surface area contributed by atoms with Gasteiger partial charge < -0.3 is 0 Å². The fourth-order valence-corrected chi connectivity index (χ4v) is 1.17. The quantitative estimate of drug-likeness (QED) is 0.629. The Kier molecular flexibility index (Phi) is 3.41. The number of rotatable bonds is 3. The van der Waals surface area contributed by atoms with Crippen molar-refractivity contribution in [1.82, 2.24) is 0 Å². The lowest BCUT2D eigenvalue weighted by atomic mass is 10.0. The van der Waals surface area contributed by atoms with Crippen LogP contribution in [0, 0.1) is 5.82 Å². The highest BCUT2D eigenvalue weighted by atomic mass is 19.1. The third-order valence-corrected chi connectivity index (χ3v) is 1.80. The van der Waals surface area contributed by atoms with E-state index < -0.39 is 0 Å². The Bertz CT molecular complexity index is 369. The maximum atomic E-state index is 12.7. The second-order valence-corrected chi connectivity index (χ2v) is 3.16. The average molecular weight is 188 g/mol. The summed E-state index contributed by atoms with van der Waals surface area (Å²) < 4.78 is 12.7. The molecule has 0 fully saturated rings. The largest absolute Gasteiger partial charge is 0.207 e. The van der Waals surface area contributed by atoms with Crippen molar-refractivity contribution in [3.8, 4) is 0 Å². The summed E-state index contributed by atoms with van der Waals surface area (Å²) >= 11 is 0. The molecule has 0 unspecified atom stereocenters. The molecular formula is C13H13F. The Balaban J connectivity index is 3.07. The van der Waals surface area contributed by atoms with Gasteiger partial charge in [0, 0.05) is 0 Å². The Morgan fingerprint density at radius 2 is 1.86 bits per heavy atom. The Hall–Kier alpha value is -1.63. The van der Waals surface area contributed by atoms with Gasteiger partial charge in [0.15, 0.2) is 0 Å². The van der Waals surface area contributed by atoms with E-state index in [-0.39, 0.29) is 5.82 Å². The van der Waals surface area contributed by atoms with Crippen LogP contribution >= 0.6 is 0 Å². The molecule has 1 heteroatoms. The summed E-state index contributed by atoms with van der Waals surface area (Å²) in [6, 6.07) is 6.33. The zero-order chi connectivity index (χ0) is 10.6. The van der Waals surface area contributed by atoms with E-state index in [1.807, 2.05) is 13.0 Å². The number of hydrogen-bond donors (Lipinski definition) is 0. The lowest BCUT2D eigenvalue weighted by molar-refractivity contribution is 0.627. The summed E-state index contributed by atoms with van der Waals surface area (Å²) in [5.41, 5.74) is 2.85. The van der Waals surface area contributed by atoms with Crippen LogP contribution in [0.5, 0.6) is 0 Å². The molecule has 1 rings (SSSR count). The van der Waals surface area contributed by atoms with Gasteiger partial charge in [0.25, 0.3) is 0 Å². The van der Waals surface area contributed by atoms with Crippen molar-refractivity contribution < 1.29 is 4.39 Å². The van der Waals surface area contributed by atoms with Crippen molar-refractivity contribution in [2.45, 2.75) is 6.92 Å². The molecule has 0 heterocycles. The Morgan fingerprint density at radius 1 is 1.29 bits per heavy atom. The Labute approximate surface area is 84.1 Å². The van der Waals surface area contributed by atoms with Gasteiger partial charge in [-0.3, -0.25) is 0 Å². The number of halogens is 1. The molecule has 0 aromatic heterocycles. The fourth-order valence-electron chi connectivity index (χ4n) is 1.17. The highest BCUT2D eigenvalue weighted by Crippen LogP contribution is 2.17. The molecule has 1 aromatic rings. The zero-order valence-corrected chi connectivity index (χ0v) is 8.26. The van der Waals surface area contributed by atoms with Gasteiger partial charge in [0.1, 0.15) is 5.82 Å². The van der Waals surface area contributed by atoms with E-state index in [2.05, 4.69) is 13.2 Å². The molecule has 0 saturated carbocycles. The van der Waals surface area contributed by atoms with Gasteiger partial charge in [-0.15, -0.1) is 0 Å². The van der Waals surface area contributed by atoms with Crippen molar-refractivity contribution in [2.24, 2.45) is 0 Å². The minimum atomic E-state index is -0.229. The zero-order valence-electron chi connectivity index (χ0n) is 8.26. The monoisotopic (exact) mass is 188 g/mol. The molecule has 0 radical (unpaired) electrons. The molecule has 0 atom stereocenters. The molecule has 0 N–H and O–H groups in total. The molecule has 0 nitrogen and oxygen atoms in total. The number of benzene rings is 1. The molecule has 0 aliphatic rings. The van der Waals surface area contributed by atoms with Crippen molar-refractivity contribution in [3.63, 3.8) is 0 Å². The first kappa shape index (κ1) is 10.5. The predicted molar refractivity (Wildman–Crippen MR) is 59.4 cm³/mol. The number of allylic oxidation sites excluding steroid dienone is 4. The maximum Gasteiger partial charge on any atom is 0.123 e. The molecule has 0 aliphatic heterocycles. The molecule has 0 spiro atoms. The van der Waals surface area contributed by atoms with Crippen LogP contribution in [0.2, 0.25) is 0 Å². The number of hydrogen-bond acceptors (Lipinski definition) is 0. The molecule has 0 amide bonds. The maximum absolute atomic E-state index is 12.7. The first-order valence-corrected chi connectivity index (χ1v) is 4.39. The van der Waals surface area contributed by atoms with Gasteiger partial charge in [-0.2, -0.15) is 0 Å². The standard InChI is InChI=1S/C13H13F/c1-4-11(9-10(2)3)12-5-7-13(14)8-6-12/h4-9H,1-2H2,3H3/b11-9-. The van der Waals surface area contributed by atoms with E-state index in [9.17, 15) is 4.39 Å². The van der Waals surface area contributed by atoms with Crippen molar-refractivity contribution in [1.29, 1.82) is 0 Å². The van der Waals surface area contributed by atoms with E-state index >= 15 is 0 Å². The van der Waals surface area contributed by atoms with E-state index in [4.69, 9.17) is 0 Å². The second kappa shape index (κ2) is 4.56. The fraction of sp³-hybridized carbons (Fsp3) is 0.0769. The van der Waals surface area contributed by atoms with Gasteiger partial charge in [-0.05, 0) is 30.2 Å². The summed E-state index contributed by atoms with van der Waals surface area (Å²) in [5.74, 6) is -0.229. The molecule has 0 aliphatic carbocycles. The summed E-state index contributed by atoms with van der Waals surface area (Å²) in [5, 5.41) is 0. The summed E-state index contributed by atoms with van der Waals surface area (Å²) in [6.45, 7) is 9.41. The first-order chi connectivity index (χ1) is 6.63. The van der Waals surface area contributed by atoms with Crippen LogP contribution < -0.4 is 0 Å². The third kappa shape index (κ3) is 2.70. The minimum absolute atomic E-state index is 0.229. The molecule has 72 valence electrons. The van der Waals surface area contributed by atoms with Crippen molar-refractivity contribution in [3.05, 3.63) is 66.5 Å². The van der Waals surface area contributed by atoms with E-state index in [0.29, 0.717) is 0 Å². The molecule has 0 saturated heterocycles. The van der Waals surface area contributed by atoms with Gasteiger partial charge in [0.2, 0.25) is 0 Å². The Morgan fingerprint density at radius 3 is 2.29 bits per heavy atom. The van der Waals surface area contributed by atoms with Crippen LogP contribution in [0.3, 0.4) is 0 Å². The highest BCUT2D eigenvalue weighted by molar-refractivity contribution is 5.75. The van der Waals surface area contributed by atoms with Crippen LogP contribution in [0.15, 0.2) is 55.1 Å². The second-order valence-electron chi connectivity index (χ2n) is 3.16. The lowest BCUT2D eigenvalue weighted by Gasteiger charge is -2.02. The van der Waals surface area contributed by atoms with Crippen molar-refractivity contribution in [2.75, 3.05) is 0 Å². The predicted octanol–water partition coefficient (Wildman–Crippen LogP) is 3.97. The summed E-state index contributed by atoms with van der Waals surface area (Å²) in [6.07, 6.45) is 3.65. The summed E-state index contributed by atoms with van der Waals surface area (Å²) in [4.78, 5) is 0. The van der Waals surface area contributed by atoms with Gasteiger partial charge >= 0.3 is 0 Å². The topological polar surface area (TPSA) is 0 Å². The van der Waals surface area contributed by atoms with Crippen LogP contribution in [0.25, 0.3) is 5.57 Å². The summed E-state index contributed by atoms with van der Waals surface area (Å²) in [7, 11) is 0.